The average Bonchev–Trinajstić information content (AvgIpc) is 3.54. The van der Waals surface area contributed by atoms with Gasteiger partial charge < -0.3 is 9.12 Å². The van der Waals surface area contributed by atoms with Crippen molar-refractivity contribution in [1.82, 2.24) is 18.9 Å². The number of imidazole rings is 1. The Morgan fingerprint density at radius 2 is 2.03 bits per heavy atom. The molecule has 10 heteroatoms. The summed E-state index contributed by atoms with van der Waals surface area (Å²) in [5.41, 5.74) is 4.73. The van der Waals surface area contributed by atoms with E-state index in [0.29, 0.717) is 18.1 Å². The number of rotatable bonds is 3. The molecule has 0 spiro atoms. The van der Waals surface area contributed by atoms with Gasteiger partial charge in [0.15, 0.2) is 0 Å². The van der Waals surface area contributed by atoms with Crippen molar-refractivity contribution in [2.45, 2.75) is 19.8 Å². The van der Waals surface area contributed by atoms with E-state index in [0.717, 1.165) is 45.4 Å². The molecule has 166 valence electrons. The first-order chi connectivity index (χ1) is 16.1. The summed E-state index contributed by atoms with van der Waals surface area (Å²) in [6.45, 7) is 2.67. The van der Waals surface area contributed by atoms with Crippen molar-refractivity contribution in [2.75, 3.05) is 11.0 Å². The third kappa shape index (κ3) is 3.50. The Bertz CT molecular complexity index is 1410. The van der Waals surface area contributed by atoms with Crippen LogP contribution in [0.1, 0.15) is 24.1 Å². The van der Waals surface area contributed by atoms with Crippen molar-refractivity contribution in [3.8, 4) is 5.69 Å². The van der Waals surface area contributed by atoms with Crippen molar-refractivity contribution in [3.05, 3.63) is 77.8 Å². The average molecular weight is 479 g/mol. The molecule has 0 amide bonds. The highest BCUT2D eigenvalue weighted by molar-refractivity contribution is 7.92. The molecule has 6 rings (SSSR count). The van der Waals surface area contributed by atoms with Gasteiger partial charge in [-0.05, 0) is 77.7 Å². The Morgan fingerprint density at radius 1 is 1.18 bits per heavy atom. The van der Waals surface area contributed by atoms with Gasteiger partial charge >= 0.3 is 0 Å². The number of piperidine rings is 1. The van der Waals surface area contributed by atoms with Gasteiger partial charge in [0, 0.05) is 29.9 Å². The molecule has 2 aliphatic heterocycles. The smallest absolute Gasteiger partial charge is 0.245 e. The van der Waals surface area contributed by atoms with Crippen LogP contribution in [0.3, 0.4) is 0 Å². The summed E-state index contributed by atoms with van der Waals surface area (Å²) in [4.78, 5) is 4.34. The molecule has 0 N–H and O–H groups in total. The van der Waals surface area contributed by atoms with Crippen LogP contribution in [-0.2, 0) is 11.5 Å². The predicted octanol–water partition coefficient (Wildman–Crippen LogP) is 4.82. The fourth-order valence-corrected chi connectivity index (χ4v) is 6.12. The highest BCUT2D eigenvalue weighted by atomic mass is 32.2. The van der Waals surface area contributed by atoms with E-state index in [9.17, 15) is 8.94 Å². The Hall–Kier alpha value is -3.21. The molecule has 0 bridgehead atoms. The maximum Gasteiger partial charge on any atom is 0.245 e. The van der Waals surface area contributed by atoms with Gasteiger partial charge in [-0.15, -0.1) is 0 Å². The lowest BCUT2D eigenvalue weighted by molar-refractivity contribution is 0.419. The van der Waals surface area contributed by atoms with Crippen LogP contribution in [0.2, 0.25) is 0 Å². The van der Waals surface area contributed by atoms with E-state index in [4.69, 9.17) is 0 Å². The zero-order valence-corrected chi connectivity index (χ0v) is 19.3. The number of hydrazine groups is 1. The summed E-state index contributed by atoms with van der Waals surface area (Å²) in [7, 11) is 0. The van der Waals surface area contributed by atoms with E-state index in [1.54, 1.807) is 16.5 Å². The third-order valence-corrected chi connectivity index (χ3v) is 7.64. The van der Waals surface area contributed by atoms with Crippen molar-refractivity contribution in [3.63, 3.8) is 0 Å². The lowest BCUT2D eigenvalue weighted by atomic mass is 10.00. The number of aryl methyl sites for hydroxylation is 1. The lowest BCUT2D eigenvalue weighted by Crippen LogP contribution is -2.46. The quantitative estimate of drug-likeness (QED) is 0.395. The second kappa shape index (κ2) is 7.98. The first kappa shape index (κ1) is 20.4. The Morgan fingerprint density at radius 3 is 2.82 bits per heavy atom. The van der Waals surface area contributed by atoms with Crippen LogP contribution in [0.25, 0.3) is 21.8 Å². The highest BCUT2D eigenvalue weighted by Crippen LogP contribution is 2.36. The molecule has 1 saturated heterocycles. The highest BCUT2D eigenvalue weighted by Gasteiger charge is 2.42. The number of hydrogen-bond donors (Lipinski definition) is 0. The summed E-state index contributed by atoms with van der Waals surface area (Å²) >= 11 is -0.142. The monoisotopic (exact) mass is 478 g/mol. The second-order valence-electron chi connectivity index (χ2n) is 7.96. The summed E-state index contributed by atoms with van der Waals surface area (Å²) in [5, 5.41) is 2.99. The molecule has 0 radical (unpaired) electrons. The van der Waals surface area contributed by atoms with Crippen molar-refractivity contribution in [1.29, 1.82) is 0 Å². The van der Waals surface area contributed by atoms with Gasteiger partial charge in [-0.2, -0.15) is 4.37 Å². The number of benzene rings is 2. The summed E-state index contributed by atoms with van der Waals surface area (Å²) in [6.07, 6.45) is 9.56. The van der Waals surface area contributed by atoms with E-state index >= 15 is 0 Å². The van der Waals surface area contributed by atoms with Crippen LogP contribution in [0.5, 0.6) is 0 Å². The summed E-state index contributed by atoms with van der Waals surface area (Å²) in [5.74, 6) is 0.376. The molecule has 2 aliphatic rings. The number of nitrogens with zero attached hydrogens (tertiary/aromatic N) is 6. The Labute approximate surface area is 197 Å². The minimum Gasteiger partial charge on any atom is -0.565 e. The molecule has 1 fully saturated rings. The van der Waals surface area contributed by atoms with E-state index in [2.05, 4.69) is 32.0 Å². The van der Waals surface area contributed by atoms with Crippen LogP contribution < -0.4 is 4.41 Å². The number of aromatic nitrogens is 3. The van der Waals surface area contributed by atoms with Crippen LogP contribution in [0, 0.1) is 12.7 Å². The molecule has 33 heavy (non-hydrogen) atoms. The summed E-state index contributed by atoms with van der Waals surface area (Å²) in [6, 6.07) is 10.1. The van der Waals surface area contributed by atoms with Crippen LogP contribution >= 0.6 is 11.5 Å². The van der Waals surface area contributed by atoms with Crippen molar-refractivity contribution in [2.24, 2.45) is 4.40 Å². The Kier molecular flexibility index (Phi) is 4.93. The number of amidine groups is 1. The number of anilines is 1. The lowest BCUT2D eigenvalue weighted by Gasteiger charge is -2.31. The van der Waals surface area contributed by atoms with E-state index < -0.39 is 11.5 Å². The first-order valence-corrected chi connectivity index (χ1v) is 12.4. The maximum absolute atomic E-state index is 13.4. The third-order valence-electron chi connectivity index (χ3n) is 5.78. The van der Waals surface area contributed by atoms with Gasteiger partial charge in [-0.3, -0.25) is 0 Å². The number of halogens is 1. The molecule has 2 aromatic heterocycles. The molecule has 7 nitrogen and oxygen atoms in total. The van der Waals surface area contributed by atoms with Gasteiger partial charge in [-0.1, -0.05) is 10.5 Å². The van der Waals surface area contributed by atoms with E-state index in [1.165, 1.54) is 23.7 Å². The molecule has 1 unspecified atom stereocenters. The molecule has 0 aliphatic carbocycles. The molecular formula is C23H19FN6OS2. The fourth-order valence-electron chi connectivity index (χ4n) is 4.25. The number of hydrogen-bond acceptors (Lipinski definition) is 7. The standard InChI is InChI=1S/C23H19FN6OS2/c1-15-13-28(14-25-15)21-9-4-16(20-12-26-32-22(20)21)11-17-3-2-10-29-23(17)27-33(31)30(29)19-7-5-18(24)6-8-19/h4-9,11-14H,2-3,10H2,1H3/b17-11+. The van der Waals surface area contributed by atoms with Crippen molar-refractivity contribution < 1.29 is 8.94 Å². The van der Waals surface area contributed by atoms with Crippen molar-refractivity contribution >= 4 is 50.8 Å². The largest absolute Gasteiger partial charge is 0.565 e. The van der Waals surface area contributed by atoms with Gasteiger partial charge in [0.1, 0.15) is 11.5 Å². The first-order valence-electron chi connectivity index (χ1n) is 10.5. The molecule has 0 saturated carbocycles. The molecule has 4 heterocycles. The van der Waals surface area contributed by atoms with Gasteiger partial charge in [0.25, 0.3) is 0 Å². The van der Waals surface area contributed by atoms with Crippen LogP contribution in [0.15, 0.2) is 65.1 Å². The Balaban J connectivity index is 1.38. The zero-order valence-electron chi connectivity index (χ0n) is 17.7. The van der Waals surface area contributed by atoms with E-state index in [1.807, 2.05) is 35.2 Å². The molecular weight excluding hydrogens is 459 g/mol. The summed E-state index contributed by atoms with van der Waals surface area (Å²) < 4.78 is 39.9. The number of fused-ring (bicyclic) bond motifs is 2. The fraction of sp³-hybridized carbons (Fsp3) is 0.174. The maximum atomic E-state index is 13.4. The normalized spacial score (nSPS) is 19.4. The van der Waals surface area contributed by atoms with Crippen LogP contribution in [-0.4, -0.2) is 35.9 Å². The minimum atomic E-state index is -1.60. The molecule has 1 atom stereocenters. The van der Waals surface area contributed by atoms with Crippen LogP contribution in [0.4, 0.5) is 10.1 Å². The topological polar surface area (TPSA) is 72.6 Å². The second-order valence-corrected chi connectivity index (χ2v) is 9.75. The minimum absolute atomic E-state index is 0.327. The molecule has 2 aromatic carbocycles. The predicted molar refractivity (Wildman–Crippen MR) is 130 cm³/mol. The van der Waals surface area contributed by atoms with Gasteiger partial charge in [-0.25, -0.2) is 14.4 Å². The van der Waals surface area contributed by atoms with Gasteiger partial charge in [0.05, 0.1) is 22.4 Å². The van der Waals surface area contributed by atoms with Gasteiger partial charge in [0.2, 0.25) is 17.4 Å². The zero-order chi connectivity index (χ0) is 22.5. The molecule has 4 aromatic rings. The SMILES string of the molecule is Cc1cn(-c2ccc(/C=C3\CCCN4C3=N[S+]([O-])N4c3ccc(F)cc3)c3cnsc23)cn1. The van der Waals surface area contributed by atoms with E-state index in [-0.39, 0.29) is 5.82 Å².